The highest BCUT2D eigenvalue weighted by Gasteiger charge is 2.23. The molecule has 0 spiro atoms. The van der Waals surface area contributed by atoms with E-state index in [-0.39, 0.29) is 5.56 Å². The van der Waals surface area contributed by atoms with E-state index in [9.17, 15) is 18.9 Å². The molecule has 0 heterocycles. The van der Waals surface area contributed by atoms with Gasteiger partial charge in [0.2, 0.25) is 0 Å². The van der Waals surface area contributed by atoms with Gasteiger partial charge in [-0.2, -0.15) is 0 Å². The Hall–Kier alpha value is -1.31. The zero-order valence-corrected chi connectivity index (χ0v) is 7.68. The van der Waals surface area contributed by atoms with E-state index < -0.39 is 22.5 Å². The number of hydrogen-bond donors (Lipinski definition) is 0. The van der Waals surface area contributed by atoms with E-state index in [1.54, 1.807) is 18.2 Å². The summed E-state index contributed by atoms with van der Waals surface area (Å²) in [6.45, 7) is 0. The quantitative estimate of drug-likeness (QED) is 0.321. The maximum absolute atomic E-state index is 10.4. The first kappa shape index (κ1) is 10.8. The van der Waals surface area contributed by atoms with Crippen molar-refractivity contribution in [3.05, 3.63) is 46.0 Å². The van der Waals surface area contributed by atoms with Crippen LogP contribution in [-0.2, 0) is 15.5 Å². The van der Waals surface area contributed by atoms with Crippen molar-refractivity contribution in [3.63, 3.8) is 0 Å². The molecule has 0 amide bonds. The first-order chi connectivity index (χ1) is 6.61. The molecule has 0 aliphatic rings. The molecule has 1 aromatic rings. The summed E-state index contributed by atoms with van der Waals surface area (Å²) in [5, 5.41) is 10.4. The molecule has 0 aliphatic heterocycles. The number of nitro groups is 1. The van der Waals surface area contributed by atoms with Crippen LogP contribution in [0.2, 0.25) is 0 Å². The average Bonchev–Trinajstić information content (AvgIpc) is 2.15. The fourth-order valence-corrected chi connectivity index (χ4v) is 1.23. The molecule has 0 N–H and O–H groups in total. The zero-order valence-electron chi connectivity index (χ0n) is 6.86. The number of hydrogen-bond acceptors (Lipinski definition) is 5. The van der Waals surface area contributed by atoms with Crippen molar-refractivity contribution in [3.8, 4) is 0 Å². The van der Waals surface area contributed by atoms with Crippen molar-refractivity contribution in [1.82, 2.24) is 0 Å². The zero-order chi connectivity index (χ0) is 10.6. The van der Waals surface area contributed by atoms with Crippen LogP contribution in [-0.4, -0.2) is 13.7 Å². The lowest BCUT2D eigenvalue weighted by atomic mass is 10.2. The van der Waals surface area contributed by atoms with Gasteiger partial charge >= 0.3 is 6.23 Å². The van der Waals surface area contributed by atoms with Gasteiger partial charge in [0.25, 0.3) is 0 Å². The molecule has 7 heteroatoms. The Bertz CT molecular complexity index is 341. The second kappa shape index (κ2) is 4.80. The summed E-state index contributed by atoms with van der Waals surface area (Å²) in [6.07, 6.45) is -1.67. The molecule has 2 atom stereocenters. The van der Waals surface area contributed by atoms with Crippen molar-refractivity contribution in [2.45, 2.75) is 6.23 Å². The third-order valence-electron chi connectivity index (χ3n) is 1.45. The molecule has 0 saturated carbocycles. The summed E-state index contributed by atoms with van der Waals surface area (Å²) < 4.78 is 24.4. The van der Waals surface area contributed by atoms with Crippen molar-refractivity contribution in [1.29, 1.82) is 0 Å². The van der Waals surface area contributed by atoms with Crippen LogP contribution in [0.1, 0.15) is 11.8 Å². The standard InChI is InChI=1S/C7H7NO5S/c9-8(10)7(13-14(11)12)6-4-2-1-3-5-6/h1-5,7H,(H,11,12)/p-1. The van der Waals surface area contributed by atoms with E-state index in [4.69, 9.17) is 0 Å². The van der Waals surface area contributed by atoms with Gasteiger partial charge in [-0.25, -0.2) is 8.39 Å². The molecule has 1 rings (SSSR count). The van der Waals surface area contributed by atoms with E-state index >= 15 is 0 Å². The maximum Gasteiger partial charge on any atom is 0.353 e. The normalized spacial score (nSPS) is 14.6. The van der Waals surface area contributed by atoms with Gasteiger partial charge in [0.1, 0.15) is 0 Å². The van der Waals surface area contributed by atoms with Crippen molar-refractivity contribution >= 4 is 11.4 Å². The van der Waals surface area contributed by atoms with E-state index in [0.717, 1.165) is 0 Å². The SMILES string of the molecule is O=[N+]([O-])C(OS(=O)[O-])c1ccccc1. The second-order valence-electron chi connectivity index (χ2n) is 2.35. The Kier molecular flexibility index (Phi) is 3.69. The highest BCUT2D eigenvalue weighted by atomic mass is 32.2. The number of nitrogens with zero attached hydrogens (tertiary/aromatic N) is 1. The molecule has 0 fully saturated rings. The fraction of sp³-hybridized carbons (Fsp3) is 0.143. The van der Waals surface area contributed by atoms with Gasteiger partial charge in [-0.05, 0) is 12.1 Å². The topological polar surface area (TPSA) is 92.5 Å². The Labute approximate surface area is 82.1 Å². The van der Waals surface area contributed by atoms with Crippen LogP contribution in [0, 0.1) is 10.1 Å². The van der Waals surface area contributed by atoms with Crippen LogP contribution in [0.4, 0.5) is 0 Å². The van der Waals surface area contributed by atoms with Crippen LogP contribution in [0.25, 0.3) is 0 Å². The monoisotopic (exact) mass is 216 g/mol. The largest absolute Gasteiger partial charge is 0.750 e. The van der Waals surface area contributed by atoms with Crippen LogP contribution < -0.4 is 0 Å². The molecular formula is C7H6NO5S-. The minimum Gasteiger partial charge on any atom is -0.750 e. The molecule has 0 radical (unpaired) electrons. The van der Waals surface area contributed by atoms with Crippen LogP contribution >= 0.6 is 0 Å². The Morgan fingerprint density at radius 3 is 2.36 bits per heavy atom. The number of rotatable bonds is 4. The molecule has 6 nitrogen and oxygen atoms in total. The predicted octanol–water partition coefficient (Wildman–Crippen LogP) is 0.773. The molecule has 14 heavy (non-hydrogen) atoms. The maximum atomic E-state index is 10.4. The molecule has 1 aromatic carbocycles. The van der Waals surface area contributed by atoms with Gasteiger partial charge in [-0.15, -0.1) is 0 Å². The lowest BCUT2D eigenvalue weighted by Gasteiger charge is -2.11. The van der Waals surface area contributed by atoms with Crippen LogP contribution in [0.15, 0.2) is 30.3 Å². The van der Waals surface area contributed by atoms with Gasteiger partial charge in [0.15, 0.2) is 0 Å². The first-order valence-electron chi connectivity index (χ1n) is 3.56. The van der Waals surface area contributed by atoms with E-state index in [2.05, 4.69) is 4.18 Å². The second-order valence-corrected chi connectivity index (χ2v) is 2.95. The molecule has 0 aromatic heterocycles. The summed E-state index contributed by atoms with van der Waals surface area (Å²) in [4.78, 5) is 9.63. The third-order valence-corrected chi connectivity index (χ3v) is 1.79. The predicted molar refractivity (Wildman–Crippen MR) is 46.2 cm³/mol. The minimum absolute atomic E-state index is 0.182. The molecule has 76 valence electrons. The highest BCUT2D eigenvalue weighted by Crippen LogP contribution is 2.17. The summed E-state index contributed by atoms with van der Waals surface area (Å²) in [5.41, 5.74) is 0.182. The lowest BCUT2D eigenvalue weighted by molar-refractivity contribution is -0.570. The Morgan fingerprint density at radius 2 is 1.93 bits per heavy atom. The van der Waals surface area contributed by atoms with Gasteiger partial charge in [-0.3, -0.25) is 10.1 Å². The van der Waals surface area contributed by atoms with Crippen molar-refractivity contribution in [2.75, 3.05) is 0 Å². The van der Waals surface area contributed by atoms with Gasteiger partial charge in [0.05, 0.1) is 21.8 Å². The molecule has 2 unspecified atom stereocenters. The summed E-state index contributed by atoms with van der Waals surface area (Å²) in [7, 11) is 0. The Morgan fingerprint density at radius 1 is 1.36 bits per heavy atom. The van der Waals surface area contributed by atoms with E-state index in [0.29, 0.717) is 0 Å². The summed E-state index contributed by atoms with van der Waals surface area (Å²) in [5.74, 6) is 0. The third kappa shape index (κ3) is 2.87. The molecule has 0 saturated heterocycles. The Balaban J connectivity index is 2.89. The van der Waals surface area contributed by atoms with Gasteiger partial charge in [-0.1, -0.05) is 18.2 Å². The van der Waals surface area contributed by atoms with Crippen molar-refractivity contribution in [2.24, 2.45) is 0 Å². The average molecular weight is 216 g/mol. The molecule has 0 aliphatic carbocycles. The number of benzene rings is 1. The van der Waals surface area contributed by atoms with E-state index in [1.165, 1.54) is 12.1 Å². The summed E-state index contributed by atoms with van der Waals surface area (Å²) >= 11 is -2.91. The first-order valence-corrected chi connectivity index (χ1v) is 4.56. The minimum atomic E-state index is -2.91. The lowest BCUT2D eigenvalue weighted by Crippen LogP contribution is -2.15. The van der Waals surface area contributed by atoms with Gasteiger partial charge in [0, 0.05) is 0 Å². The fourth-order valence-electron chi connectivity index (χ4n) is 0.905. The van der Waals surface area contributed by atoms with Crippen LogP contribution in [0.5, 0.6) is 0 Å². The summed E-state index contributed by atoms with van der Waals surface area (Å²) in [6, 6.07) is 7.61. The molecular weight excluding hydrogens is 210 g/mol. The van der Waals surface area contributed by atoms with Crippen LogP contribution in [0.3, 0.4) is 0 Å². The van der Waals surface area contributed by atoms with Crippen molar-refractivity contribution < 1.29 is 17.9 Å². The van der Waals surface area contributed by atoms with E-state index in [1.807, 2.05) is 0 Å². The molecule has 0 bridgehead atoms. The van der Waals surface area contributed by atoms with Gasteiger partial charge < -0.3 is 4.55 Å². The smallest absolute Gasteiger partial charge is 0.353 e. The highest BCUT2D eigenvalue weighted by molar-refractivity contribution is 7.74.